The molecule has 1 aromatic rings. The van der Waals surface area contributed by atoms with Gasteiger partial charge in [0.1, 0.15) is 18.5 Å². The summed E-state index contributed by atoms with van der Waals surface area (Å²) < 4.78 is 5.38. The number of aliphatic hydroxyl groups is 1. The highest BCUT2D eigenvalue weighted by Crippen LogP contribution is 2.17. The van der Waals surface area contributed by atoms with Crippen LogP contribution in [-0.2, 0) is 0 Å². The fraction of sp³-hybridized carbons (Fsp3) is 0.533. The predicted molar refractivity (Wildman–Crippen MR) is 86.5 cm³/mol. The van der Waals surface area contributed by atoms with Gasteiger partial charge < -0.3 is 20.5 Å². The Morgan fingerprint density at radius 3 is 2.61 bits per heavy atom. The van der Waals surface area contributed by atoms with Crippen LogP contribution in [0.3, 0.4) is 0 Å². The van der Waals surface area contributed by atoms with Gasteiger partial charge in [0.15, 0.2) is 5.96 Å². The van der Waals surface area contributed by atoms with Crippen molar-refractivity contribution in [3.8, 4) is 5.75 Å². The number of nitrogens with zero attached hydrogens (tertiary/aromatic N) is 3. The Bertz CT molecular complexity index is 541. The smallest absolute Gasteiger partial charge is 0.269 e. The Hall–Kier alpha value is -2.35. The molecule has 2 rings (SSSR count). The first kappa shape index (κ1) is 17.0. The van der Waals surface area contributed by atoms with Crippen molar-refractivity contribution in [3.63, 3.8) is 0 Å². The van der Waals surface area contributed by atoms with Crippen LogP contribution in [0.25, 0.3) is 0 Å². The van der Waals surface area contributed by atoms with E-state index in [2.05, 4.69) is 4.99 Å². The van der Waals surface area contributed by atoms with Gasteiger partial charge in [-0.05, 0) is 31.4 Å². The third-order valence-corrected chi connectivity index (χ3v) is 3.63. The molecule has 1 saturated heterocycles. The lowest BCUT2D eigenvalue weighted by Gasteiger charge is -2.27. The quantitative estimate of drug-likeness (QED) is 0.351. The summed E-state index contributed by atoms with van der Waals surface area (Å²) in [5.41, 5.74) is 5.91. The molecule has 8 heteroatoms. The highest BCUT2D eigenvalue weighted by molar-refractivity contribution is 5.78. The summed E-state index contributed by atoms with van der Waals surface area (Å²) in [5.74, 6) is 0.918. The van der Waals surface area contributed by atoms with E-state index in [1.165, 1.54) is 30.7 Å². The van der Waals surface area contributed by atoms with E-state index < -0.39 is 11.0 Å². The first-order valence-electron chi connectivity index (χ1n) is 7.66. The Labute approximate surface area is 134 Å². The van der Waals surface area contributed by atoms with Crippen LogP contribution in [0, 0.1) is 10.1 Å². The standard InChI is InChI=1S/C15H22N4O4/c16-15(18-8-2-1-3-9-18)17-10-13(20)11-23-14-6-4-12(5-7-14)19(21)22/h4-7,13,20H,1-3,8-11H2,(H2,16,17). The molecule has 0 aromatic heterocycles. The van der Waals surface area contributed by atoms with Crippen LogP contribution in [0.2, 0.25) is 0 Å². The van der Waals surface area contributed by atoms with Crippen LogP contribution in [-0.4, -0.2) is 53.2 Å². The van der Waals surface area contributed by atoms with E-state index in [1.54, 1.807) is 0 Å². The number of nitrogens with two attached hydrogens (primary N) is 1. The number of hydrogen-bond donors (Lipinski definition) is 2. The average molecular weight is 322 g/mol. The number of nitro groups is 1. The summed E-state index contributed by atoms with van der Waals surface area (Å²) in [6.07, 6.45) is 2.66. The molecule has 1 fully saturated rings. The highest BCUT2D eigenvalue weighted by Gasteiger charge is 2.13. The van der Waals surface area contributed by atoms with Gasteiger partial charge in [-0.25, -0.2) is 0 Å². The molecule has 1 aromatic carbocycles. The van der Waals surface area contributed by atoms with E-state index >= 15 is 0 Å². The first-order valence-corrected chi connectivity index (χ1v) is 7.66. The molecular formula is C15H22N4O4. The summed E-state index contributed by atoms with van der Waals surface area (Å²) in [5, 5.41) is 20.4. The van der Waals surface area contributed by atoms with Gasteiger partial charge in [0, 0.05) is 25.2 Å². The second-order valence-electron chi connectivity index (χ2n) is 5.46. The Kier molecular flexibility index (Phi) is 6.16. The van der Waals surface area contributed by atoms with Crippen LogP contribution in [0.15, 0.2) is 29.3 Å². The number of aliphatic hydroxyl groups excluding tert-OH is 1. The molecular weight excluding hydrogens is 300 g/mol. The number of nitro benzene ring substituents is 1. The minimum absolute atomic E-state index is 0.00296. The molecule has 0 radical (unpaired) electrons. The number of rotatable bonds is 6. The number of guanidine groups is 1. The van der Waals surface area contributed by atoms with Crippen molar-refractivity contribution in [1.82, 2.24) is 4.90 Å². The Balaban J connectivity index is 1.75. The van der Waals surface area contributed by atoms with Gasteiger partial charge in [0.05, 0.1) is 11.5 Å². The molecule has 1 atom stereocenters. The van der Waals surface area contributed by atoms with Crippen molar-refractivity contribution in [2.75, 3.05) is 26.2 Å². The normalized spacial score (nSPS) is 16.9. The molecule has 126 valence electrons. The molecule has 0 amide bonds. The van der Waals surface area contributed by atoms with Crippen molar-refractivity contribution < 1.29 is 14.8 Å². The number of likely N-dealkylation sites (tertiary alicyclic amines) is 1. The number of piperidine rings is 1. The number of hydrogen-bond acceptors (Lipinski definition) is 5. The van der Waals surface area contributed by atoms with E-state index in [1.807, 2.05) is 4.90 Å². The summed E-state index contributed by atoms with van der Waals surface area (Å²) in [7, 11) is 0. The van der Waals surface area contributed by atoms with E-state index in [0.29, 0.717) is 11.7 Å². The zero-order valence-electron chi connectivity index (χ0n) is 12.9. The Morgan fingerprint density at radius 1 is 1.35 bits per heavy atom. The van der Waals surface area contributed by atoms with Crippen molar-refractivity contribution in [3.05, 3.63) is 34.4 Å². The lowest BCUT2D eigenvalue weighted by molar-refractivity contribution is -0.384. The Morgan fingerprint density at radius 2 is 2.00 bits per heavy atom. The van der Waals surface area contributed by atoms with Gasteiger partial charge >= 0.3 is 0 Å². The molecule has 8 nitrogen and oxygen atoms in total. The fourth-order valence-corrected chi connectivity index (χ4v) is 2.33. The molecule has 1 aliphatic rings. The largest absolute Gasteiger partial charge is 0.491 e. The molecule has 1 aliphatic heterocycles. The maximum Gasteiger partial charge on any atom is 0.269 e. The molecule has 3 N–H and O–H groups in total. The predicted octanol–water partition coefficient (Wildman–Crippen LogP) is 1.14. The van der Waals surface area contributed by atoms with Gasteiger partial charge in [0.2, 0.25) is 0 Å². The van der Waals surface area contributed by atoms with Crippen LogP contribution < -0.4 is 10.5 Å². The fourth-order valence-electron chi connectivity index (χ4n) is 2.33. The third kappa shape index (κ3) is 5.41. The summed E-state index contributed by atoms with van der Waals surface area (Å²) in [6, 6.07) is 5.70. The van der Waals surface area contributed by atoms with Crippen LogP contribution >= 0.6 is 0 Å². The highest BCUT2D eigenvalue weighted by atomic mass is 16.6. The molecule has 0 bridgehead atoms. The summed E-state index contributed by atoms with van der Waals surface area (Å²) >= 11 is 0. The van der Waals surface area contributed by atoms with Crippen LogP contribution in [0.4, 0.5) is 5.69 Å². The second-order valence-corrected chi connectivity index (χ2v) is 5.46. The second kappa shape index (κ2) is 8.33. The number of ether oxygens (including phenoxy) is 1. The number of benzene rings is 1. The van der Waals surface area contributed by atoms with Crippen molar-refractivity contribution in [2.24, 2.45) is 10.7 Å². The van der Waals surface area contributed by atoms with Gasteiger partial charge in [0.25, 0.3) is 5.69 Å². The van der Waals surface area contributed by atoms with E-state index in [4.69, 9.17) is 10.5 Å². The van der Waals surface area contributed by atoms with Gasteiger partial charge in [-0.15, -0.1) is 0 Å². The number of aliphatic imine (C=N–C) groups is 1. The molecule has 1 unspecified atom stereocenters. The summed E-state index contributed by atoms with van der Waals surface area (Å²) in [6.45, 7) is 2.03. The summed E-state index contributed by atoms with van der Waals surface area (Å²) in [4.78, 5) is 16.3. The zero-order valence-corrected chi connectivity index (χ0v) is 12.9. The average Bonchev–Trinajstić information content (AvgIpc) is 2.59. The van der Waals surface area contributed by atoms with Crippen molar-refractivity contribution in [1.29, 1.82) is 0 Å². The number of non-ortho nitro benzene ring substituents is 1. The first-order chi connectivity index (χ1) is 11.1. The van der Waals surface area contributed by atoms with Crippen LogP contribution in [0.5, 0.6) is 5.75 Å². The maximum atomic E-state index is 10.6. The molecule has 0 saturated carbocycles. The van der Waals surface area contributed by atoms with E-state index in [9.17, 15) is 15.2 Å². The maximum absolute atomic E-state index is 10.6. The lowest BCUT2D eigenvalue weighted by Crippen LogP contribution is -2.41. The van der Waals surface area contributed by atoms with Crippen molar-refractivity contribution >= 4 is 11.6 Å². The molecule has 0 spiro atoms. The van der Waals surface area contributed by atoms with Gasteiger partial charge in [-0.3, -0.25) is 15.1 Å². The zero-order chi connectivity index (χ0) is 16.7. The minimum atomic E-state index is -0.784. The SMILES string of the molecule is NC(=NCC(O)COc1ccc([N+](=O)[O-])cc1)N1CCCCC1. The van der Waals surface area contributed by atoms with Crippen LogP contribution in [0.1, 0.15) is 19.3 Å². The van der Waals surface area contributed by atoms with E-state index in [-0.39, 0.29) is 18.8 Å². The lowest BCUT2D eigenvalue weighted by atomic mass is 10.1. The topological polar surface area (TPSA) is 114 Å². The molecule has 1 heterocycles. The molecule has 23 heavy (non-hydrogen) atoms. The van der Waals surface area contributed by atoms with Crippen molar-refractivity contribution in [2.45, 2.75) is 25.4 Å². The van der Waals surface area contributed by atoms with Gasteiger partial charge in [-0.2, -0.15) is 0 Å². The molecule has 0 aliphatic carbocycles. The minimum Gasteiger partial charge on any atom is -0.491 e. The van der Waals surface area contributed by atoms with Gasteiger partial charge in [-0.1, -0.05) is 0 Å². The van der Waals surface area contributed by atoms with E-state index in [0.717, 1.165) is 25.9 Å². The third-order valence-electron chi connectivity index (χ3n) is 3.63. The monoisotopic (exact) mass is 322 g/mol.